The lowest BCUT2D eigenvalue weighted by molar-refractivity contribution is 0.445. The van der Waals surface area contributed by atoms with E-state index in [-0.39, 0.29) is 5.75 Å². The molecule has 1 saturated heterocycles. The minimum Gasteiger partial charge on any atom is -0.356 e. The van der Waals surface area contributed by atoms with E-state index in [4.69, 9.17) is 0 Å². The van der Waals surface area contributed by atoms with Gasteiger partial charge in [-0.15, -0.1) is 0 Å². The van der Waals surface area contributed by atoms with Gasteiger partial charge in [-0.1, -0.05) is 0 Å². The summed E-state index contributed by atoms with van der Waals surface area (Å²) in [7, 11) is -1.31. The lowest BCUT2D eigenvalue weighted by Gasteiger charge is -2.16. The van der Waals surface area contributed by atoms with E-state index >= 15 is 0 Å². The number of rotatable bonds is 7. The van der Waals surface area contributed by atoms with Gasteiger partial charge in [0.15, 0.2) is 5.96 Å². The van der Waals surface area contributed by atoms with Gasteiger partial charge < -0.3 is 10.6 Å². The first-order valence-electron chi connectivity index (χ1n) is 8.36. The summed E-state index contributed by atoms with van der Waals surface area (Å²) in [4.78, 5) is 4.16. The molecule has 1 aliphatic heterocycles. The zero-order valence-electron chi connectivity index (χ0n) is 14.7. The topological polar surface area (TPSA) is 91.6 Å². The average Bonchev–Trinajstić information content (AvgIpc) is 3.02. The van der Waals surface area contributed by atoms with E-state index in [0.717, 1.165) is 31.6 Å². The minimum atomic E-state index is -3.02. The predicted molar refractivity (Wildman–Crippen MR) is 95.7 cm³/mol. The van der Waals surface area contributed by atoms with Crippen molar-refractivity contribution in [1.82, 2.24) is 24.7 Å². The zero-order valence-corrected chi connectivity index (χ0v) is 15.6. The second kappa shape index (κ2) is 8.48. The molecule has 0 aromatic carbocycles. The van der Waals surface area contributed by atoms with Crippen LogP contribution < -0.4 is 10.6 Å². The van der Waals surface area contributed by atoms with E-state index in [1.54, 1.807) is 7.05 Å². The summed E-state index contributed by atoms with van der Waals surface area (Å²) in [6, 6.07) is 2.07. The molecule has 9 heteroatoms. The summed E-state index contributed by atoms with van der Waals surface area (Å²) in [6.45, 7) is 7.34. The number of hydrogen-bond donors (Lipinski definition) is 2. The number of nitrogens with zero attached hydrogens (tertiary/aromatic N) is 4. The van der Waals surface area contributed by atoms with Crippen LogP contribution in [0, 0.1) is 13.8 Å². The van der Waals surface area contributed by atoms with Crippen LogP contribution in [-0.2, 0) is 16.6 Å². The van der Waals surface area contributed by atoms with Crippen LogP contribution in [0.2, 0.25) is 0 Å². The first kappa shape index (κ1) is 18.7. The summed E-state index contributed by atoms with van der Waals surface area (Å²) in [5.41, 5.74) is 2.21. The lowest BCUT2D eigenvalue weighted by Crippen LogP contribution is -2.42. The summed E-state index contributed by atoms with van der Waals surface area (Å²) < 4.78 is 27.0. The SMILES string of the molecule is CN=C(NCCCn1nc(C)cc1C)NCCN1CCCS1(=O)=O. The van der Waals surface area contributed by atoms with Crippen molar-refractivity contribution < 1.29 is 8.42 Å². The summed E-state index contributed by atoms with van der Waals surface area (Å²) in [5, 5.41) is 10.8. The first-order valence-corrected chi connectivity index (χ1v) is 9.96. The maximum absolute atomic E-state index is 11.7. The molecule has 1 aromatic rings. The van der Waals surface area contributed by atoms with Crippen LogP contribution in [0.5, 0.6) is 0 Å². The van der Waals surface area contributed by atoms with Gasteiger partial charge in [0.25, 0.3) is 0 Å². The Morgan fingerprint density at radius 1 is 1.29 bits per heavy atom. The molecule has 0 aliphatic carbocycles. The highest BCUT2D eigenvalue weighted by Crippen LogP contribution is 2.11. The molecule has 1 aromatic heterocycles. The molecule has 0 unspecified atom stereocenters. The Hall–Kier alpha value is -1.61. The Morgan fingerprint density at radius 2 is 2.04 bits per heavy atom. The maximum atomic E-state index is 11.7. The Morgan fingerprint density at radius 3 is 2.62 bits per heavy atom. The van der Waals surface area contributed by atoms with Crippen molar-refractivity contribution in [3.05, 3.63) is 17.5 Å². The molecule has 2 rings (SSSR count). The van der Waals surface area contributed by atoms with Crippen LogP contribution in [0.25, 0.3) is 0 Å². The molecule has 0 atom stereocenters. The number of aliphatic imine (C=N–C) groups is 1. The second-order valence-corrected chi connectivity index (χ2v) is 8.09. The number of nitrogens with one attached hydrogen (secondary N) is 2. The summed E-state index contributed by atoms with van der Waals surface area (Å²) >= 11 is 0. The highest BCUT2D eigenvalue weighted by molar-refractivity contribution is 7.89. The molecule has 2 heterocycles. The van der Waals surface area contributed by atoms with E-state index in [1.807, 2.05) is 11.6 Å². The molecule has 2 N–H and O–H groups in total. The van der Waals surface area contributed by atoms with E-state index in [1.165, 1.54) is 10.00 Å². The number of hydrogen-bond acceptors (Lipinski definition) is 4. The number of sulfonamides is 1. The van der Waals surface area contributed by atoms with E-state index in [2.05, 4.69) is 33.7 Å². The molecule has 1 fully saturated rings. The van der Waals surface area contributed by atoms with Crippen LogP contribution in [0.15, 0.2) is 11.1 Å². The third-order valence-electron chi connectivity index (χ3n) is 4.02. The van der Waals surface area contributed by atoms with Gasteiger partial charge in [-0.3, -0.25) is 9.67 Å². The predicted octanol–water partition coefficient (Wildman–Crippen LogP) is 0.0905. The van der Waals surface area contributed by atoms with Crippen molar-refractivity contribution in [2.45, 2.75) is 33.2 Å². The Labute approximate surface area is 144 Å². The molecule has 8 nitrogen and oxygen atoms in total. The van der Waals surface area contributed by atoms with Crippen molar-refractivity contribution in [2.75, 3.05) is 39.0 Å². The van der Waals surface area contributed by atoms with E-state index in [0.29, 0.717) is 25.6 Å². The fourth-order valence-electron chi connectivity index (χ4n) is 2.80. The highest BCUT2D eigenvalue weighted by atomic mass is 32.2. The number of aromatic nitrogens is 2. The molecule has 0 bridgehead atoms. The van der Waals surface area contributed by atoms with Gasteiger partial charge in [0.2, 0.25) is 10.0 Å². The van der Waals surface area contributed by atoms with Crippen LogP contribution in [-0.4, -0.2) is 67.4 Å². The lowest BCUT2D eigenvalue weighted by atomic mass is 10.4. The van der Waals surface area contributed by atoms with Crippen LogP contribution in [0.1, 0.15) is 24.2 Å². The monoisotopic (exact) mass is 356 g/mol. The van der Waals surface area contributed by atoms with Crippen molar-refractivity contribution in [3.8, 4) is 0 Å². The minimum absolute atomic E-state index is 0.270. The molecular weight excluding hydrogens is 328 g/mol. The van der Waals surface area contributed by atoms with Crippen molar-refractivity contribution in [2.24, 2.45) is 4.99 Å². The summed E-state index contributed by atoms with van der Waals surface area (Å²) in [6.07, 6.45) is 1.66. The molecule has 0 spiro atoms. The molecule has 136 valence electrons. The van der Waals surface area contributed by atoms with E-state index in [9.17, 15) is 8.42 Å². The third kappa shape index (κ3) is 5.20. The van der Waals surface area contributed by atoms with Gasteiger partial charge >= 0.3 is 0 Å². The average molecular weight is 356 g/mol. The fraction of sp³-hybridized carbons (Fsp3) is 0.733. The molecular formula is C15H28N6O2S. The Kier molecular flexibility index (Phi) is 6.61. The Balaban J connectivity index is 1.65. The molecule has 0 saturated carbocycles. The Bertz CT molecular complexity index is 668. The largest absolute Gasteiger partial charge is 0.356 e. The van der Waals surface area contributed by atoms with Gasteiger partial charge in [0.05, 0.1) is 11.4 Å². The summed E-state index contributed by atoms with van der Waals surface area (Å²) in [5.74, 6) is 0.965. The highest BCUT2D eigenvalue weighted by Gasteiger charge is 2.27. The van der Waals surface area contributed by atoms with Gasteiger partial charge in [-0.25, -0.2) is 12.7 Å². The quantitative estimate of drug-likeness (QED) is 0.410. The standard InChI is InChI=1S/C15H28N6O2S/c1-13-12-14(2)21(19-13)9-4-6-17-15(16-3)18-7-10-20-8-5-11-24(20,22)23/h12H,4-11H2,1-3H3,(H2,16,17,18). The zero-order chi connectivity index (χ0) is 17.6. The third-order valence-corrected chi connectivity index (χ3v) is 5.98. The van der Waals surface area contributed by atoms with E-state index < -0.39 is 10.0 Å². The van der Waals surface area contributed by atoms with Crippen LogP contribution in [0.3, 0.4) is 0 Å². The van der Waals surface area contributed by atoms with Crippen molar-refractivity contribution in [1.29, 1.82) is 0 Å². The number of guanidine groups is 1. The van der Waals surface area contributed by atoms with Crippen molar-refractivity contribution in [3.63, 3.8) is 0 Å². The second-order valence-electron chi connectivity index (χ2n) is 6.00. The fourth-order valence-corrected chi connectivity index (χ4v) is 4.33. The maximum Gasteiger partial charge on any atom is 0.214 e. The van der Waals surface area contributed by atoms with Crippen LogP contribution >= 0.6 is 0 Å². The molecule has 0 radical (unpaired) electrons. The molecule has 1 aliphatic rings. The smallest absolute Gasteiger partial charge is 0.214 e. The van der Waals surface area contributed by atoms with Gasteiger partial charge in [-0.05, 0) is 32.8 Å². The first-order chi connectivity index (χ1) is 11.4. The molecule has 24 heavy (non-hydrogen) atoms. The van der Waals surface area contributed by atoms with Gasteiger partial charge in [0.1, 0.15) is 0 Å². The van der Waals surface area contributed by atoms with Crippen molar-refractivity contribution >= 4 is 16.0 Å². The normalized spacial score (nSPS) is 18.0. The van der Waals surface area contributed by atoms with Gasteiger partial charge in [-0.2, -0.15) is 5.10 Å². The molecule has 0 amide bonds. The van der Waals surface area contributed by atoms with Crippen LogP contribution in [0.4, 0.5) is 0 Å². The van der Waals surface area contributed by atoms with Gasteiger partial charge in [0, 0.05) is 45.5 Å². The number of aryl methyl sites for hydroxylation is 3.